The van der Waals surface area contributed by atoms with E-state index < -0.39 is 5.41 Å². The van der Waals surface area contributed by atoms with Crippen LogP contribution >= 0.6 is 0 Å². The molecular formula is C14H17NO2. The average molecular weight is 231 g/mol. The number of hydrogen-bond donors (Lipinski definition) is 1. The first-order valence-electron chi connectivity index (χ1n) is 6.00. The van der Waals surface area contributed by atoms with Crippen LogP contribution in [0.25, 0.3) is 0 Å². The standard InChI is InChI=1S/C14H17NO2/c1-17-13-6-5-11(9-12(13)16)14(10-15)7-3-2-4-8-14/h5-6,9,16H,2-4,7-8H2,1H3. The van der Waals surface area contributed by atoms with Crippen LogP contribution in [0.15, 0.2) is 18.2 Å². The lowest BCUT2D eigenvalue weighted by molar-refractivity contribution is 0.356. The van der Waals surface area contributed by atoms with E-state index in [2.05, 4.69) is 6.07 Å². The Labute approximate surface area is 102 Å². The molecule has 0 aromatic heterocycles. The molecule has 0 heterocycles. The minimum absolute atomic E-state index is 0.116. The number of nitriles is 1. The molecule has 17 heavy (non-hydrogen) atoms. The fourth-order valence-corrected chi connectivity index (χ4v) is 2.61. The zero-order chi connectivity index (χ0) is 12.3. The van der Waals surface area contributed by atoms with Crippen molar-refractivity contribution in [2.24, 2.45) is 0 Å². The fraction of sp³-hybridized carbons (Fsp3) is 0.500. The summed E-state index contributed by atoms with van der Waals surface area (Å²) in [7, 11) is 1.52. The van der Waals surface area contributed by atoms with Crippen molar-refractivity contribution < 1.29 is 9.84 Å². The number of methoxy groups -OCH3 is 1. The zero-order valence-electron chi connectivity index (χ0n) is 10.1. The molecule has 0 atom stereocenters. The van der Waals surface area contributed by atoms with Gasteiger partial charge in [0, 0.05) is 0 Å². The van der Waals surface area contributed by atoms with Crippen molar-refractivity contribution >= 4 is 0 Å². The summed E-state index contributed by atoms with van der Waals surface area (Å²) < 4.78 is 5.02. The Bertz CT molecular complexity index is 442. The highest BCUT2D eigenvalue weighted by atomic mass is 16.5. The predicted octanol–water partition coefficient (Wildman–Crippen LogP) is 3.13. The Balaban J connectivity index is 2.38. The molecule has 3 nitrogen and oxygen atoms in total. The molecule has 1 fully saturated rings. The number of ether oxygens (including phenoxy) is 1. The van der Waals surface area contributed by atoms with E-state index in [1.165, 1.54) is 13.5 Å². The molecule has 0 unspecified atom stereocenters. The van der Waals surface area contributed by atoms with Crippen LogP contribution < -0.4 is 4.74 Å². The zero-order valence-corrected chi connectivity index (χ0v) is 10.1. The van der Waals surface area contributed by atoms with Gasteiger partial charge in [0.25, 0.3) is 0 Å². The van der Waals surface area contributed by atoms with Crippen LogP contribution in [-0.4, -0.2) is 12.2 Å². The van der Waals surface area contributed by atoms with Gasteiger partial charge in [0.15, 0.2) is 11.5 Å². The number of aromatic hydroxyl groups is 1. The smallest absolute Gasteiger partial charge is 0.160 e. The molecule has 3 heteroatoms. The van der Waals surface area contributed by atoms with Crippen molar-refractivity contribution in [1.29, 1.82) is 5.26 Å². The van der Waals surface area contributed by atoms with Gasteiger partial charge in [0.1, 0.15) is 0 Å². The number of phenolic OH excluding ortho intramolecular Hbond substituents is 1. The van der Waals surface area contributed by atoms with Crippen LogP contribution in [0.5, 0.6) is 11.5 Å². The van der Waals surface area contributed by atoms with Crippen LogP contribution in [0.1, 0.15) is 37.7 Å². The second-order valence-corrected chi connectivity index (χ2v) is 4.64. The molecule has 1 aromatic rings. The van der Waals surface area contributed by atoms with Crippen LogP contribution in [-0.2, 0) is 5.41 Å². The first-order chi connectivity index (χ1) is 8.22. The minimum atomic E-state index is -0.415. The van der Waals surface area contributed by atoms with Gasteiger partial charge in [-0.1, -0.05) is 25.3 Å². The third kappa shape index (κ3) is 2.08. The molecule has 0 amide bonds. The van der Waals surface area contributed by atoms with E-state index in [9.17, 15) is 10.4 Å². The van der Waals surface area contributed by atoms with Crippen LogP contribution in [0.2, 0.25) is 0 Å². The van der Waals surface area contributed by atoms with Gasteiger partial charge in [-0.25, -0.2) is 0 Å². The van der Waals surface area contributed by atoms with E-state index in [0.717, 1.165) is 31.2 Å². The molecule has 0 bridgehead atoms. The molecule has 0 aliphatic heterocycles. The van der Waals surface area contributed by atoms with E-state index in [1.807, 2.05) is 6.07 Å². The van der Waals surface area contributed by atoms with Crippen molar-refractivity contribution in [2.45, 2.75) is 37.5 Å². The Morgan fingerprint density at radius 2 is 2.00 bits per heavy atom. The van der Waals surface area contributed by atoms with Gasteiger partial charge >= 0.3 is 0 Å². The minimum Gasteiger partial charge on any atom is -0.504 e. The second kappa shape index (κ2) is 4.67. The van der Waals surface area contributed by atoms with Crippen molar-refractivity contribution in [1.82, 2.24) is 0 Å². The van der Waals surface area contributed by atoms with Crippen LogP contribution in [0.3, 0.4) is 0 Å². The number of phenols is 1. The van der Waals surface area contributed by atoms with E-state index in [0.29, 0.717) is 5.75 Å². The molecule has 0 spiro atoms. The quantitative estimate of drug-likeness (QED) is 0.850. The summed E-state index contributed by atoms with van der Waals surface area (Å²) in [6, 6.07) is 7.75. The highest BCUT2D eigenvalue weighted by molar-refractivity contribution is 5.46. The molecule has 1 aliphatic rings. The molecule has 90 valence electrons. The maximum atomic E-state index is 9.80. The maximum absolute atomic E-state index is 9.80. The summed E-state index contributed by atoms with van der Waals surface area (Å²) in [6.07, 6.45) is 5.14. The molecule has 0 saturated heterocycles. The Morgan fingerprint density at radius 3 is 2.53 bits per heavy atom. The lowest BCUT2D eigenvalue weighted by Gasteiger charge is -2.31. The van der Waals surface area contributed by atoms with Crippen LogP contribution in [0, 0.1) is 11.3 Å². The summed E-state index contributed by atoms with van der Waals surface area (Å²) in [5, 5.41) is 19.2. The van der Waals surface area contributed by atoms with Gasteiger partial charge in [-0.3, -0.25) is 0 Å². The second-order valence-electron chi connectivity index (χ2n) is 4.64. The maximum Gasteiger partial charge on any atom is 0.160 e. The summed E-state index contributed by atoms with van der Waals surface area (Å²) in [6.45, 7) is 0. The lowest BCUT2D eigenvalue weighted by Crippen LogP contribution is -2.26. The molecule has 1 aliphatic carbocycles. The summed E-state index contributed by atoms with van der Waals surface area (Å²) in [4.78, 5) is 0. The van der Waals surface area contributed by atoms with Crippen molar-refractivity contribution in [3.05, 3.63) is 23.8 Å². The Kier molecular flexibility index (Phi) is 3.23. The monoisotopic (exact) mass is 231 g/mol. The highest BCUT2D eigenvalue weighted by Crippen LogP contribution is 2.41. The highest BCUT2D eigenvalue weighted by Gasteiger charge is 2.34. The fourth-order valence-electron chi connectivity index (χ4n) is 2.61. The van der Waals surface area contributed by atoms with Crippen LogP contribution in [0.4, 0.5) is 0 Å². The van der Waals surface area contributed by atoms with E-state index >= 15 is 0 Å². The predicted molar refractivity (Wildman–Crippen MR) is 65.0 cm³/mol. The molecule has 0 radical (unpaired) electrons. The molecule has 1 N–H and O–H groups in total. The van der Waals surface area contributed by atoms with Crippen molar-refractivity contribution in [2.75, 3.05) is 7.11 Å². The van der Waals surface area contributed by atoms with E-state index in [-0.39, 0.29) is 5.75 Å². The molecule has 2 rings (SSSR count). The topological polar surface area (TPSA) is 53.2 Å². The molecule has 1 saturated carbocycles. The van der Waals surface area contributed by atoms with E-state index in [4.69, 9.17) is 4.74 Å². The van der Waals surface area contributed by atoms with Crippen molar-refractivity contribution in [3.8, 4) is 17.6 Å². The van der Waals surface area contributed by atoms with Gasteiger partial charge in [0.2, 0.25) is 0 Å². The normalized spacial score (nSPS) is 18.4. The lowest BCUT2D eigenvalue weighted by atomic mass is 9.70. The van der Waals surface area contributed by atoms with Gasteiger partial charge in [-0.05, 0) is 30.5 Å². The first-order valence-corrected chi connectivity index (χ1v) is 6.00. The number of hydrogen-bond acceptors (Lipinski definition) is 3. The summed E-state index contributed by atoms with van der Waals surface area (Å²) in [5.74, 6) is 0.572. The summed E-state index contributed by atoms with van der Waals surface area (Å²) in [5.41, 5.74) is 0.500. The Morgan fingerprint density at radius 1 is 1.29 bits per heavy atom. The van der Waals surface area contributed by atoms with Gasteiger partial charge < -0.3 is 9.84 Å². The third-order valence-corrected chi connectivity index (χ3v) is 3.65. The first kappa shape index (κ1) is 11.8. The number of rotatable bonds is 2. The average Bonchev–Trinajstić information content (AvgIpc) is 2.39. The SMILES string of the molecule is COc1ccc(C2(C#N)CCCCC2)cc1O. The molecular weight excluding hydrogens is 214 g/mol. The third-order valence-electron chi connectivity index (χ3n) is 3.65. The molecule has 1 aromatic carbocycles. The number of nitrogens with zero attached hydrogens (tertiary/aromatic N) is 1. The number of benzene rings is 1. The largest absolute Gasteiger partial charge is 0.504 e. The summed E-state index contributed by atoms with van der Waals surface area (Å²) >= 11 is 0. The van der Waals surface area contributed by atoms with Gasteiger partial charge in [-0.15, -0.1) is 0 Å². The Hall–Kier alpha value is -1.69. The van der Waals surface area contributed by atoms with E-state index in [1.54, 1.807) is 12.1 Å². The van der Waals surface area contributed by atoms with Crippen molar-refractivity contribution in [3.63, 3.8) is 0 Å². The van der Waals surface area contributed by atoms with Gasteiger partial charge in [-0.2, -0.15) is 5.26 Å². The van der Waals surface area contributed by atoms with Gasteiger partial charge in [0.05, 0.1) is 18.6 Å².